The molecule has 0 amide bonds. The summed E-state index contributed by atoms with van der Waals surface area (Å²) in [5.41, 5.74) is 0.719. The highest BCUT2D eigenvalue weighted by Crippen LogP contribution is 2.64. The number of hydrogen-bond acceptors (Lipinski definition) is 4. The van der Waals surface area contributed by atoms with Crippen molar-refractivity contribution in [1.29, 1.82) is 0 Å². The fourth-order valence-corrected chi connectivity index (χ4v) is 6.48. The van der Waals surface area contributed by atoms with Crippen LogP contribution in [-0.4, -0.2) is 17.6 Å². The Labute approximate surface area is 137 Å². The number of nitrogens with zero attached hydrogens (tertiary/aromatic N) is 1. The summed E-state index contributed by atoms with van der Waals surface area (Å²) in [7, 11) is 0. The number of carbonyl (C=O) groups is 2. The zero-order chi connectivity index (χ0) is 16.4. The molecule has 124 valence electrons. The van der Waals surface area contributed by atoms with Crippen molar-refractivity contribution in [2.75, 3.05) is 0 Å². The summed E-state index contributed by atoms with van der Waals surface area (Å²) in [6.07, 6.45) is 7.54. The van der Waals surface area contributed by atoms with E-state index in [0.29, 0.717) is 36.4 Å². The second-order valence-corrected chi connectivity index (χ2v) is 8.64. The van der Waals surface area contributed by atoms with E-state index in [1.165, 1.54) is 0 Å². The van der Waals surface area contributed by atoms with E-state index in [0.717, 1.165) is 37.7 Å². The molecule has 0 saturated heterocycles. The molecule has 0 aromatic heterocycles. The molecule has 23 heavy (non-hydrogen) atoms. The van der Waals surface area contributed by atoms with Gasteiger partial charge in [0.25, 0.3) is 0 Å². The Balaban J connectivity index is 1.77. The molecule has 3 saturated carbocycles. The minimum atomic E-state index is -0.372. The Morgan fingerprint density at radius 1 is 1.04 bits per heavy atom. The summed E-state index contributed by atoms with van der Waals surface area (Å²) in [6.45, 7) is 4.38. The quantitative estimate of drug-likeness (QED) is 0.691. The van der Waals surface area contributed by atoms with Gasteiger partial charge in [0.2, 0.25) is 0 Å². The molecule has 0 aromatic rings. The molecule has 0 spiro atoms. The smallest absolute Gasteiger partial charge is 0.155 e. The zero-order valence-electron chi connectivity index (χ0n) is 14.0. The molecule has 3 fully saturated rings. The van der Waals surface area contributed by atoms with Crippen molar-refractivity contribution in [3.05, 3.63) is 16.6 Å². The van der Waals surface area contributed by atoms with Gasteiger partial charge in [0.15, 0.2) is 5.78 Å². The first kappa shape index (κ1) is 15.2. The normalized spacial score (nSPS) is 49.0. The van der Waals surface area contributed by atoms with Crippen molar-refractivity contribution >= 4 is 11.6 Å². The van der Waals surface area contributed by atoms with Gasteiger partial charge in [-0.15, -0.1) is 0 Å². The summed E-state index contributed by atoms with van der Waals surface area (Å²) in [5, 5.41) is 3.40. The molecular weight excluding hydrogens is 290 g/mol. The van der Waals surface area contributed by atoms with Crippen molar-refractivity contribution in [1.82, 2.24) is 0 Å². The summed E-state index contributed by atoms with van der Waals surface area (Å²) in [5.74, 6) is 1.85. The Morgan fingerprint density at radius 2 is 1.78 bits per heavy atom. The Kier molecular flexibility index (Phi) is 3.20. The molecule has 0 bridgehead atoms. The minimum absolute atomic E-state index is 0.0810. The van der Waals surface area contributed by atoms with Crippen LogP contribution in [0.2, 0.25) is 0 Å². The van der Waals surface area contributed by atoms with Crippen LogP contribution in [0.1, 0.15) is 58.8 Å². The molecule has 0 N–H and O–H groups in total. The second kappa shape index (κ2) is 4.84. The molecule has 0 radical (unpaired) electrons. The van der Waals surface area contributed by atoms with Gasteiger partial charge in [-0.05, 0) is 66.9 Å². The van der Waals surface area contributed by atoms with Crippen LogP contribution in [0.5, 0.6) is 0 Å². The number of Topliss-reactive ketones (excluding diaryl/α,β-unsaturated/α-hetero) is 1. The molecule has 0 heterocycles. The van der Waals surface area contributed by atoms with Crippen LogP contribution in [0.3, 0.4) is 0 Å². The molecule has 4 aliphatic rings. The monoisotopic (exact) mass is 315 g/mol. The van der Waals surface area contributed by atoms with Crippen LogP contribution < -0.4 is 0 Å². The van der Waals surface area contributed by atoms with E-state index in [4.69, 9.17) is 0 Å². The molecule has 6 atom stereocenters. The van der Waals surface area contributed by atoms with Crippen LogP contribution in [0.4, 0.5) is 0 Å². The first-order valence-electron chi connectivity index (χ1n) is 9.01. The Bertz CT molecular complexity index is 624. The van der Waals surface area contributed by atoms with E-state index in [-0.39, 0.29) is 22.7 Å². The molecule has 4 rings (SSSR count). The molecule has 4 heteroatoms. The molecule has 0 aliphatic heterocycles. The van der Waals surface area contributed by atoms with Gasteiger partial charge >= 0.3 is 0 Å². The molecule has 0 aromatic carbocycles. The van der Waals surface area contributed by atoms with E-state index in [1.807, 2.05) is 0 Å². The highest BCUT2D eigenvalue weighted by molar-refractivity contribution is 5.92. The lowest BCUT2D eigenvalue weighted by Gasteiger charge is -2.57. The van der Waals surface area contributed by atoms with Gasteiger partial charge in [-0.3, -0.25) is 9.59 Å². The lowest BCUT2D eigenvalue weighted by atomic mass is 9.46. The number of nitroso groups, excluding NO2 is 1. The van der Waals surface area contributed by atoms with Gasteiger partial charge < -0.3 is 0 Å². The number of ketones is 2. The van der Waals surface area contributed by atoms with Gasteiger partial charge in [0.1, 0.15) is 11.8 Å². The maximum absolute atomic E-state index is 12.4. The minimum Gasteiger partial charge on any atom is -0.299 e. The van der Waals surface area contributed by atoms with Crippen LogP contribution in [0.15, 0.2) is 16.8 Å². The van der Waals surface area contributed by atoms with Crippen molar-refractivity contribution in [2.24, 2.45) is 33.8 Å². The maximum Gasteiger partial charge on any atom is 0.155 e. The van der Waals surface area contributed by atoms with E-state index in [1.54, 1.807) is 6.08 Å². The van der Waals surface area contributed by atoms with E-state index in [9.17, 15) is 14.5 Å². The number of fused-ring (bicyclic) bond motifs is 5. The number of carbonyl (C=O) groups excluding carboxylic acids is 2. The summed E-state index contributed by atoms with van der Waals surface area (Å²) < 4.78 is 0. The van der Waals surface area contributed by atoms with Gasteiger partial charge in [-0.1, -0.05) is 19.0 Å². The van der Waals surface area contributed by atoms with Gasteiger partial charge in [0.05, 0.1) is 0 Å². The number of hydrogen-bond donors (Lipinski definition) is 0. The zero-order valence-corrected chi connectivity index (χ0v) is 14.0. The lowest BCUT2D eigenvalue weighted by molar-refractivity contribution is -0.132. The first-order chi connectivity index (χ1) is 10.9. The van der Waals surface area contributed by atoms with Crippen molar-refractivity contribution in [3.8, 4) is 0 Å². The number of rotatable bonds is 1. The van der Waals surface area contributed by atoms with Gasteiger partial charge in [-0.25, -0.2) is 0 Å². The van der Waals surface area contributed by atoms with Crippen molar-refractivity contribution in [2.45, 2.75) is 64.8 Å². The van der Waals surface area contributed by atoms with E-state index in [2.05, 4.69) is 19.0 Å². The first-order valence-corrected chi connectivity index (χ1v) is 9.01. The van der Waals surface area contributed by atoms with E-state index >= 15 is 0 Å². The predicted molar refractivity (Wildman–Crippen MR) is 86.7 cm³/mol. The molecule has 4 nitrogen and oxygen atoms in total. The molecular formula is C19H25NO3. The van der Waals surface area contributed by atoms with Crippen molar-refractivity contribution < 1.29 is 9.59 Å². The standard InChI is InChI=1S/C19H25NO3/c1-18-7-5-11(21)9-15(18)16(20-23)10-12-13-3-4-17(22)19(13,2)8-6-14(12)18/h9,12-14,16H,3-8,10H2,1-2H3/t12-,13-,14-,16?,18+,19-/m0/s1. The average Bonchev–Trinajstić information content (AvgIpc) is 2.83. The second-order valence-electron chi connectivity index (χ2n) is 8.64. The fourth-order valence-electron chi connectivity index (χ4n) is 6.48. The summed E-state index contributed by atoms with van der Waals surface area (Å²) in [6, 6.07) is -0.372. The van der Waals surface area contributed by atoms with Crippen LogP contribution in [-0.2, 0) is 9.59 Å². The Morgan fingerprint density at radius 3 is 2.52 bits per heavy atom. The summed E-state index contributed by atoms with van der Waals surface area (Å²) in [4.78, 5) is 35.8. The van der Waals surface area contributed by atoms with Gasteiger partial charge in [0, 0.05) is 18.3 Å². The van der Waals surface area contributed by atoms with Crippen LogP contribution >= 0.6 is 0 Å². The van der Waals surface area contributed by atoms with Gasteiger partial charge in [-0.2, -0.15) is 4.91 Å². The van der Waals surface area contributed by atoms with Crippen LogP contribution in [0.25, 0.3) is 0 Å². The molecule has 4 aliphatic carbocycles. The predicted octanol–water partition coefficient (Wildman–Crippen LogP) is 3.83. The topological polar surface area (TPSA) is 63.6 Å². The van der Waals surface area contributed by atoms with E-state index < -0.39 is 0 Å². The highest BCUT2D eigenvalue weighted by atomic mass is 16.3. The Hall–Kier alpha value is -1.32. The highest BCUT2D eigenvalue weighted by Gasteiger charge is 2.60. The largest absolute Gasteiger partial charge is 0.299 e. The SMILES string of the molecule is C[C@]12CCC(=O)C=C1C(N=O)C[C@@H]1[C@@H]2CC[C@]2(C)C(=O)CC[C@@H]12. The maximum atomic E-state index is 12.4. The lowest BCUT2D eigenvalue weighted by Crippen LogP contribution is -2.53. The average molecular weight is 315 g/mol. The third kappa shape index (κ3) is 1.90. The third-order valence-electron chi connectivity index (χ3n) is 7.81. The third-order valence-corrected chi connectivity index (χ3v) is 7.81. The summed E-state index contributed by atoms with van der Waals surface area (Å²) >= 11 is 0. The van der Waals surface area contributed by atoms with Crippen LogP contribution in [0, 0.1) is 33.5 Å². The van der Waals surface area contributed by atoms with Crippen molar-refractivity contribution in [3.63, 3.8) is 0 Å². The fraction of sp³-hybridized carbons (Fsp3) is 0.789. The molecule has 1 unspecified atom stereocenters.